The van der Waals surface area contributed by atoms with Crippen LogP contribution >= 0.6 is 0 Å². The van der Waals surface area contributed by atoms with E-state index in [1.807, 2.05) is 37.3 Å². The summed E-state index contributed by atoms with van der Waals surface area (Å²) >= 11 is 0. The fraction of sp³-hybridized carbons (Fsp3) is 0.250. The van der Waals surface area contributed by atoms with Gasteiger partial charge in [-0.2, -0.15) is 4.98 Å². The van der Waals surface area contributed by atoms with Gasteiger partial charge in [0.25, 0.3) is 5.56 Å². The third-order valence-corrected chi connectivity index (χ3v) is 4.11. The first-order chi connectivity index (χ1) is 11.8. The van der Waals surface area contributed by atoms with Crippen molar-refractivity contribution in [3.63, 3.8) is 0 Å². The molecule has 4 nitrogen and oxygen atoms in total. The van der Waals surface area contributed by atoms with Crippen LogP contribution in [0.4, 0.5) is 0 Å². The summed E-state index contributed by atoms with van der Waals surface area (Å²) in [6, 6.07) is 14.2. The predicted octanol–water partition coefficient (Wildman–Crippen LogP) is 3.57. The second-order valence-corrected chi connectivity index (χ2v) is 5.77. The minimum atomic E-state index is -0.127. The lowest BCUT2D eigenvalue weighted by Crippen LogP contribution is -2.18. The zero-order valence-corrected chi connectivity index (χ0v) is 13.8. The average Bonchev–Trinajstić information content (AvgIpc) is 2.63. The molecule has 0 spiro atoms. The molecule has 3 aromatic rings. The topological polar surface area (TPSA) is 58.6 Å². The van der Waals surface area contributed by atoms with Crippen LogP contribution in [0.5, 0.6) is 0 Å². The molecule has 2 heterocycles. The summed E-state index contributed by atoms with van der Waals surface area (Å²) in [6.45, 7) is 1.98. The molecule has 0 aliphatic heterocycles. The number of aryl methyl sites for hydroxylation is 2. The van der Waals surface area contributed by atoms with Gasteiger partial charge in [0.15, 0.2) is 0 Å². The van der Waals surface area contributed by atoms with Gasteiger partial charge in [-0.15, -0.1) is 0 Å². The fourth-order valence-electron chi connectivity index (χ4n) is 2.86. The van der Waals surface area contributed by atoms with Crippen molar-refractivity contribution in [2.45, 2.75) is 32.6 Å². The Kier molecular flexibility index (Phi) is 5.16. The summed E-state index contributed by atoms with van der Waals surface area (Å²) in [5.41, 5.74) is 3.76. The number of aromatic amines is 1. The molecule has 0 fully saturated rings. The van der Waals surface area contributed by atoms with E-state index in [0.717, 1.165) is 41.9 Å². The zero-order valence-electron chi connectivity index (χ0n) is 13.8. The number of hydrogen-bond donors (Lipinski definition) is 1. The van der Waals surface area contributed by atoms with Gasteiger partial charge in [-0.1, -0.05) is 37.3 Å². The molecular formula is C20H21N3O. The molecule has 4 heteroatoms. The maximum atomic E-state index is 12.4. The van der Waals surface area contributed by atoms with Crippen molar-refractivity contribution >= 4 is 0 Å². The molecule has 0 aliphatic rings. The molecule has 0 amide bonds. The first-order valence-electron chi connectivity index (χ1n) is 8.34. The Morgan fingerprint density at radius 1 is 1.00 bits per heavy atom. The Bertz CT molecular complexity index is 842. The van der Waals surface area contributed by atoms with E-state index in [4.69, 9.17) is 0 Å². The van der Waals surface area contributed by atoms with Gasteiger partial charge < -0.3 is 4.98 Å². The lowest BCUT2D eigenvalue weighted by molar-refractivity contribution is 0.762. The third-order valence-electron chi connectivity index (χ3n) is 4.11. The van der Waals surface area contributed by atoms with E-state index in [9.17, 15) is 4.79 Å². The number of H-pyrrole nitrogens is 1. The predicted molar refractivity (Wildman–Crippen MR) is 95.9 cm³/mol. The maximum absolute atomic E-state index is 12.4. The van der Waals surface area contributed by atoms with Gasteiger partial charge in [0.2, 0.25) is 0 Å². The lowest BCUT2D eigenvalue weighted by atomic mass is 10.1. The summed E-state index contributed by atoms with van der Waals surface area (Å²) in [5, 5.41) is 0. The lowest BCUT2D eigenvalue weighted by Gasteiger charge is -2.10. The Labute approximate surface area is 141 Å². The minimum absolute atomic E-state index is 0.127. The normalized spacial score (nSPS) is 10.7. The number of rotatable bonds is 6. The van der Waals surface area contributed by atoms with Crippen LogP contribution < -0.4 is 5.56 Å². The highest BCUT2D eigenvalue weighted by Crippen LogP contribution is 2.19. The molecule has 0 radical (unpaired) electrons. The molecule has 0 unspecified atom stereocenters. The Hall–Kier alpha value is -2.75. The van der Waals surface area contributed by atoms with Crippen molar-refractivity contribution in [1.29, 1.82) is 0 Å². The molecule has 0 bridgehead atoms. The van der Waals surface area contributed by atoms with E-state index in [0.29, 0.717) is 6.42 Å². The molecule has 0 atom stereocenters. The summed E-state index contributed by atoms with van der Waals surface area (Å²) in [5.74, 6) is 0.750. The van der Waals surface area contributed by atoms with Gasteiger partial charge in [-0.25, -0.2) is 0 Å². The molecule has 0 saturated carbocycles. The van der Waals surface area contributed by atoms with Crippen LogP contribution in [0.3, 0.4) is 0 Å². The van der Waals surface area contributed by atoms with Crippen LogP contribution in [0.1, 0.15) is 30.3 Å². The van der Waals surface area contributed by atoms with Gasteiger partial charge in [-0.3, -0.25) is 9.78 Å². The smallest absolute Gasteiger partial charge is 0.276 e. The Morgan fingerprint density at radius 2 is 1.75 bits per heavy atom. The third kappa shape index (κ3) is 3.77. The Morgan fingerprint density at radius 3 is 2.46 bits per heavy atom. The number of nitrogens with zero attached hydrogens (tertiary/aromatic N) is 2. The van der Waals surface area contributed by atoms with E-state index < -0.39 is 0 Å². The highest BCUT2D eigenvalue weighted by atomic mass is 16.1. The molecule has 0 aliphatic carbocycles. The average molecular weight is 319 g/mol. The van der Waals surface area contributed by atoms with Crippen LogP contribution in [0.25, 0.3) is 11.3 Å². The SMILES string of the molecule is CCc1c(-c2ccncc2)[nH]c(CCCc2ccccc2)nc1=O. The monoisotopic (exact) mass is 319 g/mol. The van der Waals surface area contributed by atoms with Gasteiger partial charge >= 0.3 is 0 Å². The fourth-order valence-corrected chi connectivity index (χ4v) is 2.86. The molecular weight excluding hydrogens is 298 g/mol. The molecule has 2 aromatic heterocycles. The van der Waals surface area contributed by atoms with Gasteiger partial charge in [0.1, 0.15) is 5.82 Å². The van der Waals surface area contributed by atoms with Crippen LogP contribution in [0.2, 0.25) is 0 Å². The van der Waals surface area contributed by atoms with Crippen molar-refractivity contribution in [3.05, 3.63) is 82.2 Å². The molecule has 3 rings (SSSR count). The van der Waals surface area contributed by atoms with E-state index in [-0.39, 0.29) is 5.56 Å². The van der Waals surface area contributed by atoms with Crippen molar-refractivity contribution in [2.24, 2.45) is 0 Å². The summed E-state index contributed by atoms with van der Waals surface area (Å²) < 4.78 is 0. The number of benzene rings is 1. The van der Waals surface area contributed by atoms with E-state index in [1.54, 1.807) is 12.4 Å². The van der Waals surface area contributed by atoms with Crippen LogP contribution in [-0.4, -0.2) is 15.0 Å². The first-order valence-corrected chi connectivity index (χ1v) is 8.34. The summed E-state index contributed by atoms with van der Waals surface area (Å²) in [4.78, 5) is 24.0. The van der Waals surface area contributed by atoms with E-state index >= 15 is 0 Å². The quantitative estimate of drug-likeness (QED) is 0.755. The van der Waals surface area contributed by atoms with Crippen molar-refractivity contribution in [1.82, 2.24) is 15.0 Å². The standard InChI is InChI=1S/C20H21N3O/c1-2-17-19(16-11-13-21-14-12-16)22-18(23-20(17)24)10-6-9-15-7-4-3-5-8-15/h3-5,7-8,11-14H,2,6,9-10H2,1H3,(H,22,23,24). The highest BCUT2D eigenvalue weighted by molar-refractivity contribution is 5.61. The van der Waals surface area contributed by atoms with Crippen LogP contribution in [0.15, 0.2) is 59.7 Å². The second kappa shape index (κ2) is 7.68. The highest BCUT2D eigenvalue weighted by Gasteiger charge is 2.11. The van der Waals surface area contributed by atoms with E-state index in [1.165, 1.54) is 5.56 Å². The van der Waals surface area contributed by atoms with Crippen molar-refractivity contribution in [2.75, 3.05) is 0 Å². The molecule has 0 saturated heterocycles. The number of nitrogens with one attached hydrogen (secondary N) is 1. The molecule has 122 valence electrons. The number of pyridine rings is 1. The molecule has 1 N–H and O–H groups in total. The van der Waals surface area contributed by atoms with Gasteiger partial charge in [0, 0.05) is 29.9 Å². The Balaban J connectivity index is 1.82. The second-order valence-electron chi connectivity index (χ2n) is 5.77. The van der Waals surface area contributed by atoms with Crippen molar-refractivity contribution < 1.29 is 0 Å². The molecule has 1 aromatic carbocycles. The summed E-state index contributed by atoms with van der Waals surface area (Å²) in [6.07, 6.45) is 6.82. The van der Waals surface area contributed by atoms with Gasteiger partial charge in [-0.05, 0) is 37.0 Å². The van der Waals surface area contributed by atoms with Crippen molar-refractivity contribution in [3.8, 4) is 11.3 Å². The number of aromatic nitrogens is 3. The maximum Gasteiger partial charge on any atom is 0.276 e. The minimum Gasteiger partial charge on any atom is -0.343 e. The largest absolute Gasteiger partial charge is 0.343 e. The van der Waals surface area contributed by atoms with E-state index in [2.05, 4.69) is 27.1 Å². The number of hydrogen-bond acceptors (Lipinski definition) is 3. The summed E-state index contributed by atoms with van der Waals surface area (Å²) in [7, 11) is 0. The first kappa shape index (κ1) is 16.1. The molecule has 24 heavy (non-hydrogen) atoms. The van der Waals surface area contributed by atoms with Crippen LogP contribution in [0, 0.1) is 0 Å². The van der Waals surface area contributed by atoms with Gasteiger partial charge in [0.05, 0.1) is 5.69 Å². The van der Waals surface area contributed by atoms with Crippen LogP contribution in [-0.2, 0) is 19.3 Å². The zero-order chi connectivity index (χ0) is 16.8.